The van der Waals surface area contributed by atoms with Gasteiger partial charge in [-0.2, -0.15) is 0 Å². The molecular formula is C19H30ClN3O3. The molecule has 1 aromatic rings. The van der Waals surface area contributed by atoms with Gasteiger partial charge in [-0.25, -0.2) is 0 Å². The first-order chi connectivity index (χ1) is 12.1. The van der Waals surface area contributed by atoms with E-state index in [0.717, 1.165) is 32.4 Å². The minimum Gasteiger partial charge on any atom is -0.364 e. The molecule has 0 spiro atoms. The van der Waals surface area contributed by atoms with Crippen LogP contribution in [-0.2, 0) is 9.53 Å². The van der Waals surface area contributed by atoms with Gasteiger partial charge in [-0.1, -0.05) is 13.8 Å². The maximum Gasteiger partial charge on any atom is 0.253 e. The van der Waals surface area contributed by atoms with E-state index in [1.165, 1.54) is 0 Å². The highest BCUT2D eigenvalue weighted by molar-refractivity contribution is 5.97. The van der Waals surface area contributed by atoms with Crippen molar-refractivity contribution >= 4 is 29.9 Å². The van der Waals surface area contributed by atoms with Gasteiger partial charge in [0.05, 0.1) is 6.10 Å². The van der Waals surface area contributed by atoms with Crippen LogP contribution in [0, 0.1) is 0 Å². The van der Waals surface area contributed by atoms with E-state index in [1.807, 2.05) is 4.90 Å². The Labute approximate surface area is 161 Å². The highest BCUT2D eigenvalue weighted by Crippen LogP contribution is 2.21. The second-order valence-electron chi connectivity index (χ2n) is 6.42. The van der Waals surface area contributed by atoms with Crippen LogP contribution >= 0.6 is 12.4 Å². The van der Waals surface area contributed by atoms with Gasteiger partial charge >= 0.3 is 0 Å². The van der Waals surface area contributed by atoms with E-state index in [9.17, 15) is 9.59 Å². The zero-order chi connectivity index (χ0) is 18.2. The third kappa shape index (κ3) is 5.97. The summed E-state index contributed by atoms with van der Waals surface area (Å²) in [6, 6.07) is 7.04. The number of anilines is 1. The Balaban J connectivity index is 0.00000338. The molecule has 1 saturated heterocycles. The van der Waals surface area contributed by atoms with Gasteiger partial charge < -0.3 is 20.7 Å². The lowest BCUT2D eigenvalue weighted by atomic mass is 10.1. The zero-order valence-electron chi connectivity index (χ0n) is 15.6. The van der Waals surface area contributed by atoms with Crippen molar-refractivity contribution in [1.29, 1.82) is 0 Å². The standard InChI is InChI=1S/C19H29N3O3.ClH/c1-3-11-22(12-4-2)19(24)14-5-7-15(8-6-14)21-18(23)17-10-9-16(13-20)25-17;/h5-8,16-17H,3-4,9-13,20H2,1-2H3,(H,21,23);1H/t16-,17+;/m1./s1. The number of halogens is 1. The summed E-state index contributed by atoms with van der Waals surface area (Å²) in [6.45, 7) is 6.08. The number of ether oxygens (including phenoxy) is 1. The van der Waals surface area contributed by atoms with Crippen LogP contribution < -0.4 is 11.1 Å². The molecule has 146 valence electrons. The Bertz CT molecular complexity index is 574. The predicted molar refractivity (Wildman–Crippen MR) is 106 cm³/mol. The van der Waals surface area contributed by atoms with E-state index in [4.69, 9.17) is 10.5 Å². The van der Waals surface area contributed by atoms with Gasteiger partial charge in [-0.05, 0) is 49.9 Å². The molecule has 0 unspecified atom stereocenters. The minimum absolute atomic E-state index is 0. The number of rotatable bonds is 8. The van der Waals surface area contributed by atoms with Gasteiger partial charge in [0, 0.05) is 30.9 Å². The Morgan fingerprint density at radius 2 is 1.77 bits per heavy atom. The lowest BCUT2D eigenvalue weighted by molar-refractivity contribution is -0.126. The molecule has 26 heavy (non-hydrogen) atoms. The zero-order valence-corrected chi connectivity index (χ0v) is 16.4. The van der Waals surface area contributed by atoms with Crippen molar-refractivity contribution in [1.82, 2.24) is 4.90 Å². The molecular weight excluding hydrogens is 354 g/mol. The van der Waals surface area contributed by atoms with Crippen LogP contribution in [0.1, 0.15) is 49.9 Å². The largest absolute Gasteiger partial charge is 0.364 e. The molecule has 0 radical (unpaired) electrons. The third-order valence-electron chi connectivity index (χ3n) is 4.34. The Hall–Kier alpha value is -1.63. The molecule has 0 saturated carbocycles. The van der Waals surface area contributed by atoms with Crippen LogP contribution in [0.2, 0.25) is 0 Å². The van der Waals surface area contributed by atoms with Gasteiger partial charge in [0.1, 0.15) is 6.10 Å². The second-order valence-corrected chi connectivity index (χ2v) is 6.42. The molecule has 2 amide bonds. The average Bonchev–Trinajstić information content (AvgIpc) is 3.11. The number of amides is 2. The number of hydrogen-bond donors (Lipinski definition) is 2. The lowest BCUT2D eigenvalue weighted by Gasteiger charge is -2.21. The molecule has 7 heteroatoms. The summed E-state index contributed by atoms with van der Waals surface area (Å²) in [6.07, 6.45) is 2.90. The Morgan fingerprint density at radius 3 is 2.27 bits per heavy atom. The second kappa shape index (κ2) is 11.2. The number of hydrogen-bond acceptors (Lipinski definition) is 4. The van der Waals surface area contributed by atoms with Crippen molar-refractivity contribution in [2.24, 2.45) is 5.73 Å². The molecule has 1 aliphatic rings. The highest BCUT2D eigenvalue weighted by Gasteiger charge is 2.29. The van der Waals surface area contributed by atoms with Gasteiger partial charge in [-0.3, -0.25) is 9.59 Å². The molecule has 6 nitrogen and oxygen atoms in total. The molecule has 1 fully saturated rings. The first kappa shape index (κ1) is 22.4. The van der Waals surface area contributed by atoms with Crippen molar-refractivity contribution in [3.8, 4) is 0 Å². The summed E-state index contributed by atoms with van der Waals surface area (Å²) < 4.78 is 5.59. The fraction of sp³-hybridized carbons (Fsp3) is 0.579. The van der Waals surface area contributed by atoms with Crippen molar-refractivity contribution in [3.05, 3.63) is 29.8 Å². The first-order valence-corrected chi connectivity index (χ1v) is 9.14. The van der Waals surface area contributed by atoms with E-state index in [0.29, 0.717) is 24.2 Å². The Kier molecular flexibility index (Phi) is 9.62. The van der Waals surface area contributed by atoms with Crippen molar-refractivity contribution in [2.75, 3.05) is 25.0 Å². The summed E-state index contributed by atoms with van der Waals surface area (Å²) in [5.74, 6) is -0.125. The normalized spacial score (nSPS) is 18.9. The average molecular weight is 384 g/mol. The summed E-state index contributed by atoms with van der Waals surface area (Å²) in [4.78, 5) is 26.6. The SMILES string of the molecule is CCCN(CCC)C(=O)c1ccc(NC(=O)[C@@H]2CC[C@H](CN)O2)cc1.Cl. The van der Waals surface area contributed by atoms with Gasteiger partial charge in [0.15, 0.2) is 0 Å². The molecule has 0 aromatic heterocycles. The van der Waals surface area contributed by atoms with Crippen LogP contribution in [0.3, 0.4) is 0 Å². The minimum atomic E-state index is -0.445. The molecule has 3 N–H and O–H groups in total. The Morgan fingerprint density at radius 1 is 1.15 bits per heavy atom. The highest BCUT2D eigenvalue weighted by atomic mass is 35.5. The van der Waals surface area contributed by atoms with E-state index < -0.39 is 6.10 Å². The predicted octanol–water partition coefficient (Wildman–Crippen LogP) is 2.82. The number of nitrogens with zero attached hydrogens (tertiary/aromatic N) is 1. The molecule has 1 aliphatic heterocycles. The van der Waals surface area contributed by atoms with Crippen molar-refractivity contribution in [3.63, 3.8) is 0 Å². The number of benzene rings is 1. The summed E-state index contributed by atoms with van der Waals surface area (Å²) >= 11 is 0. The van der Waals surface area contributed by atoms with E-state index >= 15 is 0 Å². The molecule has 1 aromatic carbocycles. The maximum atomic E-state index is 12.5. The van der Waals surface area contributed by atoms with Gasteiger partial charge in [0.2, 0.25) is 0 Å². The quantitative estimate of drug-likeness (QED) is 0.722. The fourth-order valence-corrected chi connectivity index (χ4v) is 3.03. The summed E-state index contributed by atoms with van der Waals surface area (Å²) in [5, 5.41) is 2.84. The molecule has 2 rings (SSSR count). The number of carbonyl (C=O) groups excluding carboxylic acids is 2. The van der Waals surface area contributed by atoms with E-state index in [1.54, 1.807) is 24.3 Å². The van der Waals surface area contributed by atoms with Crippen LogP contribution in [-0.4, -0.2) is 48.6 Å². The van der Waals surface area contributed by atoms with E-state index in [2.05, 4.69) is 19.2 Å². The molecule has 2 atom stereocenters. The van der Waals surface area contributed by atoms with E-state index in [-0.39, 0.29) is 30.3 Å². The van der Waals surface area contributed by atoms with Crippen LogP contribution in [0.4, 0.5) is 5.69 Å². The van der Waals surface area contributed by atoms with Crippen molar-refractivity contribution < 1.29 is 14.3 Å². The molecule has 0 bridgehead atoms. The van der Waals surface area contributed by atoms with Crippen LogP contribution in [0.5, 0.6) is 0 Å². The number of carbonyl (C=O) groups is 2. The monoisotopic (exact) mass is 383 g/mol. The summed E-state index contributed by atoms with van der Waals surface area (Å²) in [7, 11) is 0. The topological polar surface area (TPSA) is 84.7 Å². The number of nitrogens with one attached hydrogen (secondary N) is 1. The van der Waals surface area contributed by atoms with Crippen LogP contribution in [0.15, 0.2) is 24.3 Å². The molecule has 0 aliphatic carbocycles. The smallest absolute Gasteiger partial charge is 0.253 e. The fourth-order valence-electron chi connectivity index (χ4n) is 3.03. The van der Waals surface area contributed by atoms with Gasteiger partial charge in [0.25, 0.3) is 11.8 Å². The van der Waals surface area contributed by atoms with Crippen molar-refractivity contribution in [2.45, 2.75) is 51.7 Å². The third-order valence-corrected chi connectivity index (χ3v) is 4.34. The number of nitrogens with two attached hydrogens (primary N) is 1. The lowest BCUT2D eigenvalue weighted by Crippen LogP contribution is -2.32. The van der Waals surface area contributed by atoms with Crippen LogP contribution in [0.25, 0.3) is 0 Å². The maximum absolute atomic E-state index is 12.5. The first-order valence-electron chi connectivity index (χ1n) is 9.14. The summed E-state index contributed by atoms with van der Waals surface area (Å²) in [5.41, 5.74) is 6.87. The molecule has 1 heterocycles. The van der Waals surface area contributed by atoms with Gasteiger partial charge in [-0.15, -0.1) is 12.4 Å².